The Hall–Kier alpha value is -2.40. The smallest absolute Gasteiger partial charge is 0.261 e. The van der Waals surface area contributed by atoms with Crippen LogP contribution in [-0.2, 0) is 0 Å². The summed E-state index contributed by atoms with van der Waals surface area (Å²) in [6, 6.07) is 13.3. The van der Waals surface area contributed by atoms with Crippen LogP contribution in [0, 0.1) is 0 Å². The van der Waals surface area contributed by atoms with E-state index in [-0.39, 0.29) is 23.1 Å². The Balaban J connectivity index is 1.85. The van der Waals surface area contributed by atoms with E-state index in [0.29, 0.717) is 0 Å². The van der Waals surface area contributed by atoms with Crippen molar-refractivity contribution in [1.82, 2.24) is 14.8 Å². The first-order valence-corrected chi connectivity index (χ1v) is 8.80. The van der Waals surface area contributed by atoms with Crippen molar-refractivity contribution in [1.29, 1.82) is 0 Å². The Kier molecular flexibility index (Phi) is 5.34. The van der Waals surface area contributed by atoms with Crippen LogP contribution in [-0.4, -0.2) is 53.9 Å². The van der Waals surface area contributed by atoms with Gasteiger partial charge < -0.3 is 14.8 Å². The normalized spacial score (nSPS) is 17.7. The number of hydrogen-bond acceptors (Lipinski definition) is 3. The van der Waals surface area contributed by atoms with Gasteiger partial charge in [0.25, 0.3) is 11.5 Å². The monoisotopic (exact) mass is 339 g/mol. The number of carbonyl (C=O) groups excluding carboxylic acids is 1. The Bertz CT molecular complexity index is 783. The molecule has 1 aliphatic rings. The zero-order valence-electron chi connectivity index (χ0n) is 14.9. The minimum absolute atomic E-state index is 0.160. The number of nitrogens with one attached hydrogen (secondary N) is 1. The molecule has 3 rings (SSSR count). The van der Waals surface area contributed by atoms with Crippen LogP contribution in [0.1, 0.15) is 29.6 Å². The summed E-state index contributed by atoms with van der Waals surface area (Å²) in [6.07, 6.45) is 3.12. The van der Waals surface area contributed by atoms with Crippen LogP contribution < -0.4 is 5.56 Å². The fourth-order valence-electron chi connectivity index (χ4n) is 3.46. The topological polar surface area (TPSA) is 56.4 Å². The molecule has 0 bridgehead atoms. The maximum Gasteiger partial charge on any atom is 0.261 e. The molecule has 1 N–H and O–H groups in total. The Labute approximate surface area is 148 Å². The largest absolute Gasteiger partial charge is 0.334 e. The van der Waals surface area contributed by atoms with Crippen LogP contribution in [0.5, 0.6) is 0 Å². The van der Waals surface area contributed by atoms with Crippen LogP contribution in [0.3, 0.4) is 0 Å². The molecule has 0 aliphatic carbocycles. The predicted molar refractivity (Wildman–Crippen MR) is 99.7 cm³/mol. The molecule has 1 saturated heterocycles. The molecule has 1 unspecified atom stereocenters. The van der Waals surface area contributed by atoms with Gasteiger partial charge in [0, 0.05) is 24.8 Å². The van der Waals surface area contributed by atoms with Crippen molar-refractivity contribution in [2.75, 3.05) is 27.2 Å². The number of rotatable bonds is 4. The summed E-state index contributed by atoms with van der Waals surface area (Å²) in [5.74, 6) is -0.160. The van der Waals surface area contributed by atoms with Gasteiger partial charge in [-0.15, -0.1) is 0 Å². The lowest BCUT2D eigenvalue weighted by atomic mass is 10.0. The molecule has 1 aliphatic heterocycles. The van der Waals surface area contributed by atoms with Crippen LogP contribution >= 0.6 is 0 Å². The quantitative estimate of drug-likeness (QED) is 0.931. The number of pyridine rings is 1. The number of H-pyrrole nitrogens is 1. The standard InChI is InChI=1S/C20H25N3O2/c1-22(2)14-16-10-6-7-13-23(16)20(25)17-11-12-18(21-19(17)24)15-8-4-3-5-9-15/h3-5,8-9,11-12,16H,6-7,10,13-14H2,1-2H3,(H,21,24). The zero-order chi connectivity index (χ0) is 17.8. The molecule has 25 heavy (non-hydrogen) atoms. The Morgan fingerprint density at radius 3 is 2.60 bits per heavy atom. The SMILES string of the molecule is CN(C)CC1CCCCN1C(=O)c1ccc(-c2ccccc2)[nH]c1=O. The van der Waals surface area contributed by atoms with Gasteiger partial charge in [-0.3, -0.25) is 9.59 Å². The fraction of sp³-hybridized carbons (Fsp3) is 0.400. The van der Waals surface area contributed by atoms with E-state index < -0.39 is 0 Å². The van der Waals surface area contributed by atoms with E-state index in [9.17, 15) is 9.59 Å². The maximum atomic E-state index is 12.9. The van der Waals surface area contributed by atoms with Crippen molar-refractivity contribution in [2.45, 2.75) is 25.3 Å². The summed E-state index contributed by atoms with van der Waals surface area (Å²) < 4.78 is 0. The van der Waals surface area contributed by atoms with E-state index in [0.717, 1.165) is 43.6 Å². The van der Waals surface area contributed by atoms with E-state index >= 15 is 0 Å². The number of likely N-dealkylation sites (tertiary alicyclic amines) is 1. The highest BCUT2D eigenvalue weighted by molar-refractivity contribution is 5.94. The predicted octanol–water partition coefficient (Wildman–Crippen LogP) is 2.60. The van der Waals surface area contributed by atoms with Crippen molar-refractivity contribution in [3.05, 3.63) is 58.4 Å². The third-order valence-corrected chi connectivity index (χ3v) is 4.69. The molecule has 5 heteroatoms. The molecule has 2 aromatic rings. The maximum absolute atomic E-state index is 12.9. The highest BCUT2D eigenvalue weighted by atomic mass is 16.2. The number of piperidine rings is 1. The molecule has 5 nitrogen and oxygen atoms in total. The molecule has 2 heterocycles. The van der Waals surface area contributed by atoms with Gasteiger partial charge in [0.2, 0.25) is 0 Å². The number of aromatic nitrogens is 1. The van der Waals surface area contributed by atoms with E-state index in [2.05, 4.69) is 9.88 Å². The third kappa shape index (κ3) is 3.99. The molecular formula is C20H25N3O2. The number of benzene rings is 1. The van der Waals surface area contributed by atoms with Gasteiger partial charge in [0.1, 0.15) is 5.56 Å². The highest BCUT2D eigenvalue weighted by Gasteiger charge is 2.29. The summed E-state index contributed by atoms with van der Waals surface area (Å²) >= 11 is 0. The number of amides is 1. The minimum Gasteiger partial charge on any atom is -0.334 e. The van der Waals surface area contributed by atoms with Gasteiger partial charge in [-0.25, -0.2) is 0 Å². The van der Waals surface area contributed by atoms with Crippen molar-refractivity contribution in [3.8, 4) is 11.3 Å². The first-order valence-electron chi connectivity index (χ1n) is 8.80. The second-order valence-corrected chi connectivity index (χ2v) is 6.89. The Morgan fingerprint density at radius 2 is 1.92 bits per heavy atom. The number of likely N-dealkylation sites (N-methyl/N-ethyl adjacent to an activating group) is 1. The molecule has 0 spiro atoms. The lowest BCUT2D eigenvalue weighted by molar-refractivity contribution is 0.0573. The van der Waals surface area contributed by atoms with Crippen LogP contribution in [0.2, 0.25) is 0 Å². The molecule has 1 amide bonds. The number of nitrogens with zero attached hydrogens (tertiary/aromatic N) is 2. The van der Waals surface area contributed by atoms with Crippen LogP contribution in [0.15, 0.2) is 47.3 Å². The molecule has 132 valence electrons. The van der Waals surface area contributed by atoms with Gasteiger partial charge in [-0.1, -0.05) is 30.3 Å². The second kappa shape index (κ2) is 7.66. The molecule has 1 fully saturated rings. The van der Waals surface area contributed by atoms with Gasteiger partial charge >= 0.3 is 0 Å². The first-order chi connectivity index (χ1) is 12.1. The molecule has 0 radical (unpaired) electrons. The minimum atomic E-state index is -0.319. The van der Waals surface area contributed by atoms with Gasteiger partial charge in [0.15, 0.2) is 0 Å². The molecular weight excluding hydrogens is 314 g/mol. The van der Waals surface area contributed by atoms with Gasteiger partial charge in [-0.05, 0) is 51.1 Å². The van der Waals surface area contributed by atoms with E-state index in [1.807, 2.05) is 55.4 Å². The van der Waals surface area contributed by atoms with Crippen LogP contribution in [0.25, 0.3) is 11.3 Å². The summed E-state index contributed by atoms with van der Waals surface area (Å²) in [5.41, 5.74) is 1.57. The van der Waals surface area contributed by atoms with Gasteiger partial charge in [0.05, 0.1) is 0 Å². The summed E-state index contributed by atoms with van der Waals surface area (Å²) in [7, 11) is 4.03. The lowest BCUT2D eigenvalue weighted by Crippen LogP contribution is -2.49. The molecule has 1 atom stereocenters. The number of aromatic amines is 1. The summed E-state index contributed by atoms with van der Waals surface area (Å²) in [5, 5.41) is 0. The van der Waals surface area contributed by atoms with Gasteiger partial charge in [-0.2, -0.15) is 0 Å². The third-order valence-electron chi connectivity index (χ3n) is 4.69. The molecule has 0 saturated carbocycles. The number of carbonyl (C=O) groups is 1. The average Bonchev–Trinajstić information content (AvgIpc) is 2.62. The van der Waals surface area contributed by atoms with Crippen molar-refractivity contribution < 1.29 is 4.79 Å². The summed E-state index contributed by atoms with van der Waals surface area (Å²) in [6.45, 7) is 1.54. The van der Waals surface area contributed by atoms with E-state index in [1.165, 1.54) is 0 Å². The Morgan fingerprint density at radius 1 is 1.16 bits per heavy atom. The lowest BCUT2D eigenvalue weighted by Gasteiger charge is -2.37. The first kappa shape index (κ1) is 17.4. The number of hydrogen-bond donors (Lipinski definition) is 1. The van der Waals surface area contributed by atoms with Crippen molar-refractivity contribution in [2.24, 2.45) is 0 Å². The second-order valence-electron chi connectivity index (χ2n) is 6.89. The zero-order valence-corrected chi connectivity index (χ0v) is 14.9. The van der Waals surface area contributed by atoms with Crippen LogP contribution in [0.4, 0.5) is 0 Å². The van der Waals surface area contributed by atoms with Crippen molar-refractivity contribution in [3.63, 3.8) is 0 Å². The van der Waals surface area contributed by atoms with E-state index in [1.54, 1.807) is 6.07 Å². The summed E-state index contributed by atoms with van der Waals surface area (Å²) in [4.78, 5) is 32.3. The highest BCUT2D eigenvalue weighted by Crippen LogP contribution is 2.20. The fourth-order valence-corrected chi connectivity index (χ4v) is 3.46. The van der Waals surface area contributed by atoms with Crippen molar-refractivity contribution >= 4 is 5.91 Å². The molecule has 1 aromatic heterocycles. The molecule has 1 aromatic carbocycles. The van der Waals surface area contributed by atoms with E-state index in [4.69, 9.17) is 0 Å². The average molecular weight is 339 g/mol.